The molecule has 0 fully saturated rings. The van der Waals surface area contributed by atoms with E-state index >= 15 is 0 Å². The number of aliphatic hydroxyl groups excluding tert-OH is 1. The number of carbonyl (C=O) groups excluding carboxylic acids is 1. The number of anilines is 1. The van der Waals surface area contributed by atoms with Crippen LogP contribution in [-0.2, 0) is 17.3 Å². The second-order valence-electron chi connectivity index (χ2n) is 5.65. The van der Waals surface area contributed by atoms with Crippen LogP contribution < -0.4 is 4.90 Å². The summed E-state index contributed by atoms with van der Waals surface area (Å²) in [5.41, 5.74) is -1.46. The van der Waals surface area contributed by atoms with Crippen LogP contribution in [0.2, 0.25) is 0 Å². The van der Waals surface area contributed by atoms with Gasteiger partial charge in [0.1, 0.15) is 17.9 Å². The van der Waals surface area contributed by atoms with E-state index in [1.165, 1.54) is 30.5 Å². The molecule has 1 aliphatic rings. The van der Waals surface area contributed by atoms with Crippen molar-refractivity contribution in [2.75, 3.05) is 4.90 Å². The first-order valence-electron chi connectivity index (χ1n) is 7.41. The number of pyridine rings is 1. The lowest BCUT2D eigenvalue weighted by molar-refractivity contribution is -0.142. The highest BCUT2D eigenvalue weighted by Crippen LogP contribution is 2.48. The Bertz CT molecular complexity index is 911. The van der Waals surface area contributed by atoms with Crippen LogP contribution in [0, 0.1) is 11.3 Å². The maximum Gasteiger partial charge on any atom is 0.352 e. The van der Waals surface area contributed by atoms with Gasteiger partial charge in [-0.15, -0.1) is 0 Å². The second kappa shape index (κ2) is 6.38. The van der Waals surface area contributed by atoms with Gasteiger partial charge in [0, 0.05) is 6.20 Å². The molecule has 1 aromatic carbocycles. The lowest BCUT2D eigenvalue weighted by Crippen LogP contribution is -2.34. The van der Waals surface area contributed by atoms with E-state index in [2.05, 4.69) is 4.98 Å². The molecule has 1 atom stereocenters. The van der Waals surface area contributed by atoms with Crippen LogP contribution in [-0.4, -0.2) is 22.4 Å². The molecule has 0 saturated carbocycles. The highest BCUT2D eigenvalue weighted by atomic mass is 19.3. The molecule has 1 amide bonds. The van der Waals surface area contributed by atoms with Crippen molar-refractivity contribution in [3.8, 4) is 6.07 Å². The van der Waals surface area contributed by atoms with Crippen molar-refractivity contribution < 1.29 is 27.5 Å². The SMILES string of the molecule is N#Cc1cc(CN2C(=O)C(F)(F)c3c(C(O)C(F)F)cccc32)ccn1. The normalized spacial score (nSPS) is 16.5. The van der Waals surface area contributed by atoms with Crippen molar-refractivity contribution in [3.05, 3.63) is 58.9 Å². The number of nitriles is 1. The highest BCUT2D eigenvalue weighted by Gasteiger charge is 2.55. The van der Waals surface area contributed by atoms with Crippen LogP contribution in [0.1, 0.15) is 28.5 Å². The number of halogens is 4. The number of nitrogens with zero attached hydrogens (tertiary/aromatic N) is 3. The van der Waals surface area contributed by atoms with E-state index in [1.54, 1.807) is 6.07 Å². The van der Waals surface area contributed by atoms with Gasteiger partial charge in [-0.3, -0.25) is 4.79 Å². The Morgan fingerprint density at radius 1 is 1.31 bits per heavy atom. The Morgan fingerprint density at radius 3 is 2.69 bits per heavy atom. The van der Waals surface area contributed by atoms with Crippen LogP contribution >= 0.6 is 0 Å². The maximum atomic E-state index is 14.5. The molecule has 2 aromatic rings. The fourth-order valence-corrected chi connectivity index (χ4v) is 2.87. The molecule has 0 saturated heterocycles. The van der Waals surface area contributed by atoms with Crippen LogP contribution in [0.4, 0.5) is 23.2 Å². The molecule has 1 aromatic heterocycles. The number of aromatic nitrogens is 1. The molecule has 0 radical (unpaired) electrons. The smallest absolute Gasteiger partial charge is 0.352 e. The first kappa shape index (κ1) is 17.8. The van der Waals surface area contributed by atoms with Crippen molar-refractivity contribution in [2.45, 2.75) is 25.0 Å². The van der Waals surface area contributed by atoms with Crippen molar-refractivity contribution >= 4 is 11.6 Å². The number of benzene rings is 1. The monoisotopic (exact) mass is 365 g/mol. The summed E-state index contributed by atoms with van der Waals surface area (Å²) < 4.78 is 54.7. The van der Waals surface area contributed by atoms with Gasteiger partial charge in [0.05, 0.1) is 17.8 Å². The number of hydrogen-bond acceptors (Lipinski definition) is 4. The average molecular weight is 365 g/mol. The molecule has 9 heteroatoms. The Kier molecular flexibility index (Phi) is 4.38. The van der Waals surface area contributed by atoms with Crippen LogP contribution in [0.3, 0.4) is 0 Å². The van der Waals surface area contributed by atoms with E-state index in [-0.39, 0.29) is 17.9 Å². The van der Waals surface area contributed by atoms with Crippen molar-refractivity contribution in [2.24, 2.45) is 0 Å². The molecule has 1 unspecified atom stereocenters. The minimum atomic E-state index is -4.05. The zero-order chi connectivity index (χ0) is 19.1. The van der Waals surface area contributed by atoms with Crippen molar-refractivity contribution in [3.63, 3.8) is 0 Å². The summed E-state index contributed by atoms with van der Waals surface area (Å²) in [6.45, 7) is -0.299. The number of fused-ring (bicyclic) bond motifs is 1. The Morgan fingerprint density at radius 2 is 2.04 bits per heavy atom. The molecule has 2 heterocycles. The van der Waals surface area contributed by atoms with Crippen LogP contribution in [0.5, 0.6) is 0 Å². The third-order valence-corrected chi connectivity index (χ3v) is 4.03. The van der Waals surface area contributed by atoms with Gasteiger partial charge in [-0.25, -0.2) is 13.8 Å². The van der Waals surface area contributed by atoms with E-state index < -0.39 is 35.5 Å². The van der Waals surface area contributed by atoms with Crippen molar-refractivity contribution in [1.82, 2.24) is 4.98 Å². The van der Waals surface area contributed by atoms with Crippen LogP contribution in [0.15, 0.2) is 36.5 Å². The summed E-state index contributed by atoms with van der Waals surface area (Å²) in [6.07, 6.45) is -4.42. The van der Waals surface area contributed by atoms with E-state index in [0.29, 0.717) is 5.56 Å². The van der Waals surface area contributed by atoms with Gasteiger partial charge in [0.25, 0.3) is 6.43 Å². The zero-order valence-corrected chi connectivity index (χ0v) is 13.0. The second-order valence-corrected chi connectivity index (χ2v) is 5.65. The van der Waals surface area contributed by atoms with E-state index in [9.17, 15) is 27.5 Å². The number of alkyl halides is 4. The standard InChI is InChI=1S/C17H11F4N3O2/c18-15(19)14(25)11-2-1-3-12-13(11)17(20,21)16(26)24(12)8-9-4-5-23-10(6-9)7-22/h1-6,14-15,25H,8H2. The number of rotatable bonds is 4. The van der Waals surface area contributed by atoms with E-state index in [1.807, 2.05) is 0 Å². The summed E-state index contributed by atoms with van der Waals surface area (Å²) in [5.74, 6) is -5.64. The van der Waals surface area contributed by atoms with E-state index in [4.69, 9.17) is 5.26 Å². The molecule has 3 rings (SSSR count). The first-order valence-corrected chi connectivity index (χ1v) is 7.41. The molecule has 26 heavy (non-hydrogen) atoms. The molecular weight excluding hydrogens is 354 g/mol. The Labute approximate surface area is 145 Å². The maximum absolute atomic E-state index is 14.5. The predicted molar refractivity (Wildman–Crippen MR) is 81.4 cm³/mol. The third-order valence-electron chi connectivity index (χ3n) is 4.03. The highest BCUT2D eigenvalue weighted by molar-refractivity contribution is 6.06. The quantitative estimate of drug-likeness (QED) is 0.846. The lowest BCUT2D eigenvalue weighted by Gasteiger charge is -2.18. The van der Waals surface area contributed by atoms with Gasteiger partial charge in [0.2, 0.25) is 0 Å². The molecular formula is C17H11F4N3O2. The summed E-state index contributed by atoms with van der Waals surface area (Å²) >= 11 is 0. The van der Waals surface area contributed by atoms with Gasteiger partial charge >= 0.3 is 11.8 Å². The molecule has 0 bridgehead atoms. The van der Waals surface area contributed by atoms with Gasteiger partial charge < -0.3 is 10.0 Å². The minimum Gasteiger partial charge on any atom is -0.382 e. The number of carbonyl (C=O) groups is 1. The molecule has 1 N–H and O–H groups in total. The van der Waals surface area contributed by atoms with Gasteiger partial charge in [-0.2, -0.15) is 14.0 Å². The lowest BCUT2D eigenvalue weighted by atomic mass is 9.98. The molecule has 1 aliphatic heterocycles. The predicted octanol–water partition coefficient (Wildman–Crippen LogP) is 2.89. The molecule has 0 aliphatic carbocycles. The fourth-order valence-electron chi connectivity index (χ4n) is 2.87. The largest absolute Gasteiger partial charge is 0.382 e. The fraction of sp³-hybridized carbons (Fsp3) is 0.235. The van der Waals surface area contributed by atoms with Gasteiger partial charge in [-0.05, 0) is 29.3 Å². The molecule has 0 spiro atoms. The Balaban J connectivity index is 2.08. The third kappa shape index (κ3) is 2.78. The summed E-state index contributed by atoms with van der Waals surface area (Å²) in [6, 6.07) is 7.94. The summed E-state index contributed by atoms with van der Waals surface area (Å²) in [4.78, 5) is 16.7. The minimum absolute atomic E-state index is 0.0444. The number of hydrogen-bond donors (Lipinski definition) is 1. The zero-order valence-electron chi connectivity index (χ0n) is 13.0. The first-order chi connectivity index (χ1) is 12.3. The topological polar surface area (TPSA) is 77.2 Å². The molecule has 5 nitrogen and oxygen atoms in total. The van der Waals surface area contributed by atoms with Crippen molar-refractivity contribution in [1.29, 1.82) is 5.26 Å². The van der Waals surface area contributed by atoms with Gasteiger partial charge in [0.15, 0.2) is 0 Å². The van der Waals surface area contributed by atoms with Gasteiger partial charge in [-0.1, -0.05) is 12.1 Å². The van der Waals surface area contributed by atoms with Crippen LogP contribution in [0.25, 0.3) is 0 Å². The number of amides is 1. The average Bonchev–Trinajstić information content (AvgIpc) is 2.82. The Hall–Kier alpha value is -2.99. The summed E-state index contributed by atoms with van der Waals surface area (Å²) in [5, 5.41) is 18.4. The number of aliphatic hydroxyl groups is 1. The molecule has 134 valence electrons. The van der Waals surface area contributed by atoms with E-state index in [0.717, 1.165) is 11.0 Å². The summed E-state index contributed by atoms with van der Waals surface area (Å²) in [7, 11) is 0.